The molecule has 4 rings (SSSR count). The number of nitrogens with one attached hydrogen (secondary N) is 1. The van der Waals surface area contributed by atoms with E-state index in [0.29, 0.717) is 6.54 Å². The Bertz CT molecular complexity index is 881. The average Bonchev–Trinajstić information content (AvgIpc) is 2.88. The first-order valence-corrected chi connectivity index (χ1v) is 8.72. The second kappa shape index (κ2) is 6.28. The zero-order chi connectivity index (χ0) is 17.4. The molecule has 0 spiro atoms. The minimum atomic E-state index is 0.00983. The first-order valence-electron chi connectivity index (χ1n) is 8.72. The lowest BCUT2D eigenvalue weighted by atomic mass is 9.87. The molecule has 1 amide bonds. The molecule has 1 atom stereocenters. The van der Waals surface area contributed by atoms with E-state index in [1.807, 2.05) is 42.5 Å². The van der Waals surface area contributed by atoms with Crippen LogP contribution in [0.4, 0.5) is 5.69 Å². The van der Waals surface area contributed by atoms with Gasteiger partial charge >= 0.3 is 0 Å². The molecule has 4 heteroatoms. The minimum Gasteiger partial charge on any atom is -0.352 e. The molecular weight excluding hydrogens is 312 g/mol. The molecular formula is C21H20N2O2. The van der Waals surface area contributed by atoms with Crippen LogP contribution >= 0.6 is 0 Å². The van der Waals surface area contributed by atoms with Crippen molar-refractivity contribution in [2.45, 2.75) is 32.1 Å². The number of nitrogens with zero attached hydrogens (tertiary/aromatic N) is 1. The van der Waals surface area contributed by atoms with Gasteiger partial charge in [0.05, 0.1) is 5.69 Å². The summed E-state index contributed by atoms with van der Waals surface area (Å²) in [5.41, 5.74) is 5.92. The zero-order valence-corrected chi connectivity index (χ0v) is 14.2. The Kier molecular flexibility index (Phi) is 3.96. The normalized spacial score (nSPS) is 18.2. The van der Waals surface area contributed by atoms with Gasteiger partial charge in [0.2, 0.25) is 0 Å². The van der Waals surface area contributed by atoms with E-state index in [2.05, 4.69) is 5.32 Å². The maximum Gasteiger partial charge on any atom is 0.251 e. The number of carbonyl (C=O) groups is 2. The maximum absolute atomic E-state index is 12.2. The van der Waals surface area contributed by atoms with Gasteiger partial charge in [0, 0.05) is 29.3 Å². The van der Waals surface area contributed by atoms with Crippen LogP contribution in [0.3, 0.4) is 0 Å². The van der Waals surface area contributed by atoms with Crippen LogP contribution in [0.1, 0.15) is 57.5 Å². The second-order valence-corrected chi connectivity index (χ2v) is 6.69. The first-order chi connectivity index (χ1) is 12.1. The number of Topliss-reactive ketones (excluding diaryl/α,β-unsaturated/α-hetero) is 1. The summed E-state index contributed by atoms with van der Waals surface area (Å²) in [7, 11) is 0. The van der Waals surface area contributed by atoms with E-state index < -0.39 is 0 Å². The van der Waals surface area contributed by atoms with E-state index in [-0.39, 0.29) is 17.6 Å². The van der Waals surface area contributed by atoms with Crippen LogP contribution in [0.15, 0.2) is 47.5 Å². The van der Waals surface area contributed by atoms with E-state index >= 15 is 0 Å². The molecule has 0 radical (unpaired) electrons. The monoisotopic (exact) mass is 332 g/mol. The van der Waals surface area contributed by atoms with E-state index in [4.69, 9.17) is 4.99 Å². The number of aliphatic imine (C=N–C) groups is 1. The summed E-state index contributed by atoms with van der Waals surface area (Å²) < 4.78 is 0. The molecule has 2 aromatic carbocycles. The fraction of sp³-hybridized carbons (Fsp3) is 0.286. The van der Waals surface area contributed by atoms with Crippen LogP contribution in [0, 0.1) is 0 Å². The Morgan fingerprint density at radius 2 is 1.96 bits per heavy atom. The van der Waals surface area contributed by atoms with Crippen molar-refractivity contribution in [1.82, 2.24) is 5.32 Å². The summed E-state index contributed by atoms with van der Waals surface area (Å²) in [6.07, 6.45) is 2.66. The Balaban J connectivity index is 1.54. The molecule has 0 saturated heterocycles. The topological polar surface area (TPSA) is 58.5 Å². The second-order valence-electron chi connectivity index (χ2n) is 6.69. The van der Waals surface area contributed by atoms with Gasteiger partial charge < -0.3 is 5.32 Å². The number of ketones is 1. The van der Waals surface area contributed by atoms with Crippen molar-refractivity contribution in [3.05, 3.63) is 64.7 Å². The van der Waals surface area contributed by atoms with Crippen LogP contribution in [-0.4, -0.2) is 23.9 Å². The van der Waals surface area contributed by atoms with Crippen molar-refractivity contribution in [3.63, 3.8) is 0 Å². The van der Waals surface area contributed by atoms with Crippen molar-refractivity contribution >= 4 is 23.1 Å². The number of hydrogen-bond donors (Lipinski definition) is 1. The molecule has 1 unspecified atom stereocenters. The zero-order valence-electron chi connectivity index (χ0n) is 14.2. The average molecular weight is 332 g/mol. The number of amides is 1. The summed E-state index contributed by atoms with van der Waals surface area (Å²) in [4.78, 5) is 28.4. The van der Waals surface area contributed by atoms with E-state index in [9.17, 15) is 9.59 Å². The highest BCUT2D eigenvalue weighted by atomic mass is 16.1. The summed E-state index contributed by atoms with van der Waals surface area (Å²) in [5.74, 6) is 0.336. The molecule has 0 aromatic heterocycles. The number of hydrogen-bond acceptors (Lipinski definition) is 3. The molecule has 2 heterocycles. The number of carbonyl (C=O) groups excluding carboxylic acids is 2. The number of rotatable bonds is 4. The minimum absolute atomic E-state index is 0.00983. The van der Waals surface area contributed by atoms with Crippen LogP contribution in [-0.2, 0) is 6.42 Å². The highest BCUT2D eigenvalue weighted by molar-refractivity contribution is 6.05. The third kappa shape index (κ3) is 2.88. The van der Waals surface area contributed by atoms with Gasteiger partial charge in [-0.05, 0) is 49.4 Å². The molecule has 0 bridgehead atoms. The highest BCUT2D eigenvalue weighted by Gasteiger charge is 2.32. The van der Waals surface area contributed by atoms with E-state index in [1.54, 1.807) is 6.92 Å². The standard InChI is InChI=1S/C21H20N2O2/c1-13(24)15-8-5-14(6-9-15)7-10-18-16-11-12-22-21(25)17-3-2-4-19(23-18)20(16)17/h2-6,8-9,16H,7,10-12H2,1H3,(H,22,25). The summed E-state index contributed by atoms with van der Waals surface area (Å²) in [6.45, 7) is 2.27. The third-order valence-electron chi connectivity index (χ3n) is 5.09. The van der Waals surface area contributed by atoms with Crippen LogP contribution < -0.4 is 5.32 Å². The molecule has 25 heavy (non-hydrogen) atoms. The van der Waals surface area contributed by atoms with Crippen LogP contribution in [0.2, 0.25) is 0 Å². The maximum atomic E-state index is 12.2. The molecule has 4 nitrogen and oxygen atoms in total. The SMILES string of the molecule is CC(=O)c1ccc(CCC2=Nc3cccc4c3C2CCNC4=O)cc1. The van der Waals surface area contributed by atoms with Crippen molar-refractivity contribution < 1.29 is 9.59 Å². The number of benzene rings is 2. The van der Waals surface area contributed by atoms with E-state index in [1.165, 1.54) is 5.56 Å². The first kappa shape index (κ1) is 15.8. The Morgan fingerprint density at radius 1 is 1.16 bits per heavy atom. The summed E-state index contributed by atoms with van der Waals surface area (Å²) >= 11 is 0. The third-order valence-corrected chi connectivity index (χ3v) is 5.09. The summed E-state index contributed by atoms with van der Waals surface area (Å²) in [6, 6.07) is 13.6. The van der Waals surface area contributed by atoms with Gasteiger partial charge in [0.25, 0.3) is 5.91 Å². The predicted molar refractivity (Wildman–Crippen MR) is 98.0 cm³/mol. The van der Waals surface area contributed by atoms with Gasteiger partial charge in [-0.15, -0.1) is 0 Å². The molecule has 126 valence electrons. The Morgan fingerprint density at radius 3 is 2.72 bits per heavy atom. The van der Waals surface area contributed by atoms with Crippen molar-refractivity contribution in [1.29, 1.82) is 0 Å². The lowest BCUT2D eigenvalue weighted by Crippen LogP contribution is -2.22. The fourth-order valence-corrected chi connectivity index (χ4v) is 3.76. The van der Waals surface area contributed by atoms with Crippen molar-refractivity contribution in [2.75, 3.05) is 6.54 Å². The quantitative estimate of drug-likeness (QED) is 0.865. The molecule has 1 N–H and O–H groups in total. The van der Waals surface area contributed by atoms with Crippen molar-refractivity contribution in [3.8, 4) is 0 Å². The lowest BCUT2D eigenvalue weighted by molar-refractivity contribution is 0.0955. The smallest absolute Gasteiger partial charge is 0.251 e. The molecule has 0 fully saturated rings. The largest absolute Gasteiger partial charge is 0.352 e. The predicted octanol–water partition coefficient (Wildman–Crippen LogP) is 3.83. The van der Waals surface area contributed by atoms with Crippen LogP contribution in [0.25, 0.3) is 0 Å². The van der Waals surface area contributed by atoms with Gasteiger partial charge in [0.15, 0.2) is 5.78 Å². The molecule has 0 aliphatic carbocycles. The van der Waals surface area contributed by atoms with Crippen LogP contribution in [0.5, 0.6) is 0 Å². The fourth-order valence-electron chi connectivity index (χ4n) is 3.76. The Labute approximate surface area is 147 Å². The van der Waals surface area contributed by atoms with Crippen molar-refractivity contribution in [2.24, 2.45) is 4.99 Å². The van der Waals surface area contributed by atoms with Gasteiger partial charge in [-0.25, -0.2) is 0 Å². The Hall–Kier alpha value is -2.75. The van der Waals surface area contributed by atoms with Gasteiger partial charge in [-0.3, -0.25) is 14.6 Å². The van der Waals surface area contributed by atoms with Gasteiger partial charge in [-0.1, -0.05) is 30.3 Å². The van der Waals surface area contributed by atoms with E-state index in [0.717, 1.165) is 47.4 Å². The number of aryl methyl sites for hydroxylation is 1. The molecule has 2 aliphatic rings. The highest BCUT2D eigenvalue weighted by Crippen LogP contribution is 2.41. The van der Waals surface area contributed by atoms with Gasteiger partial charge in [-0.2, -0.15) is 0 Å². The molecule has 2 aliphatic heterocycles. The lowest BCUT2D eigenvalue weighted by Gasteiger charge is -2.13. The molecule has 2 aromatic rings. The molecule has 0 saturated carbocycles. The summed E-state index contributed by atoms with van der Waals surface area (Å²) in [5, 5.41) is 2.98. The van der Waals surface area contributed by atoms with Gasteiger partial charge in [0.1, 0.15) is 0 Å².